The summed E-state index contributed by atoms with van der Waals surface area (Å²) < 4.78 is 10.7. The second-order valence-electron chi connectivity index (χ2n) is 7.30. The van der Waals surface area contributed by atoms with Gasteiger partial charge in [-0.15, -0.1) is 0 Å². The van der Waals surface area contributed by atoms with E-state index in [-0.39, 0.29) is 11.3 Å². The number of carbonyl (C=O) groups excluding carboxylic acids is 3. The van der Waals surface area contributed by atoms with Gasteiger partial charge >= 0.3 is 5.97 Å². The largest absolute Gasteiger partial charge is 0.503 e. The van der Waals surface area contributed by atoms with E-state index < -0.39 is 29.5 Å². The van der Waals surface area contributed by atoms with Crippen LogP contribution in [-0.4, -0.2) is 34.2 Å². The normalized spacial score (nSPS) is 16.3. The number of Topliss-reactive ketones (excluding diaryl/α,β-unsaturated/α-hetero) is 1. The molecule has 0 saturated carbocycles. The Labute approximate surface area is 178 Å². The topological polar surface area (TPSA) is 97.1 Å². The third kappa shape index (κ3) is 3.70. The molecule has 7 heteroatoms. The Morgan fingerprint density at radius 2 is 1.84 bits per heavy atom. The summed E-state index contributed by atoms with van der Waals surface area (Å²) in [4.78, 5) is 38.8. The lowest BCUT2D eigenvalue weighted by Gasteiger charge is -2.26. The number of rotatable bonds is 6. The molecule has 0 aliphatic carbocycles. The first kappa shape index (κ1) is 20.4. The molecule has 7 nitrogen and oxygen atoms in total. The van der Waals surface area contributed by atoms with Crippen molar-refractivity contribution in [3.05, 3.63) is 77.3 Å². The molecule has 1 aliphatic heterocycles. The zero-order chi connectivity index (χ0) is 22.1. The molecule has 0 fully saturated rings. The van der Waals surface area contributed by atoms with E-state index in [9.17, 15) is 19.5 Å². The number of carbonyl (C=O) groups is 3. The molecule has 158 valence electrons. The van der Waals surface area contributed by atoms with Crippen molar-refractivity contribution in [2.45, 2.75) is 26.3 Å². The molecular formula is C24H21NO6. The highest BCUT2D eigenvalue weighted by Crippen LogP contribution is 2.40. The third-order valence-electron chi connectivity index (χ3n) is 5.12. The van der Waals surface area contributed by atoms with E-state index >= 15 is 0 Å². The molecule has 1 aliphatic rings. The van der Waals surface area contributed by atoms with Crippen molar-refractivity contribution in [1.29, 1.82) is 0 Å². The maximum absolute atomic E-state index is 13.4. The summed E-state index contributed by atoms with van der Waals surface area (Å²) in [6.45, 7) is 3.57. The highest BCUT2D eigenvalue weighted by molar-refractivity contribution is 6.16. The Morgan fingerprint density at radius 1 is 1.13 bits per heavy atom. The monoisotopic (exact) mass is 419 g/mol. The highest BCUT2D eigenvalue weighted by Gasteiger charge is 2.44. The van der Waals surface area contributed by atoms with E-state index in [2.05, 4.69) is 0 Å². The molecule has 3 aromatic rings. The van der Waals surface area contributed by atoms with Crippen LogP contribution in [0, 0.1) is 0 Å². The molecule has 0 saturated heterocycles. The van der Waals surface area contributed by atoms with Crippen molar-refractivity contribution in [3.8, 4) is 5.75 Å². The van der Waals surface area contributed by atoms with Crippen LogP contribution in [0.25, 0.3) is 11.0 Å². The summed E-state index contributed by atoms with van der Waals surface area (Å²) in [5, 5.41) is 11.4. The van der Waals surface area contributed by atoms with Gasteiger partial charge in [0.25, 0.3) is 5.91 Å². The number of esters is 1. The van der Waals surface area contributed by atoms with Gasteiger partial charge in [0.2, 0.25) is 5.78 Å². The lowest BCUT2D eigenvalue weighted by atomic mass is 9.95. The van der Waals surface area contributed by atoms with Crippen LogP contribution in [0.2, 0.25) is 0 Å². The summed E-state index contributed by atoms with van der Waals surface area (Å²) >= 11 is 0. The van der Waals surface area contributed by atoms with Gasteiger partial charge < -0.3 is 19.2 Å². The van der Waals surface area contributed by atoms with Crippen molar-refractivity contribution in [1.82, 2.24) is 4.90 Å². The van der Waals surface area contributed by atoms with E-state index in [0.717, 1.165) is 5.39 Å². The zero-order valence-electron chi connectivity index (χ0n) is 17.1. The van der Waals surface area contributed by atoms with Crippen LogP contribution < -0.4 is 4.74 Å². The first-order valence-electron chi connectivity index (χ1n) is 9.96. The first-order chi connectivity index (χ1) is 14.9. The van der Waals surface area contributed by atoms with Gasteiger partial charge in [0.1, 0.15) is 11.3 Å². The molecule has 31 heavy (non-hydrogen) atoms. The Bertz CT molecular complexity index is 1170. The molecule has 0 bridgehead atoms. The minimum atomic E-state index is -0.778. The Morgan fingerprint density at radius 3 is 2.48 bits per heavy atom. The van der Waals surface area contributed by atoms with E-state index in [0.29, 0.717) is 29.9 Å². The van der Waals surface area contributed by atoms with Gasteiger partial charge in [0.05, 0.1) is 11.6 Å². The maximum atomic E-state index is 13.4. The van der Waals surface area contributed by atoms with Gasteiger partial charge in [0.15, 0.2) is 11.5 Å². The summed E-state index contributed by atoms with van der Waals surface area (Å²) in [6.07, 6.45) is 0.646. The van der Waals surface area contributed by atoms with E-state index in [1.165, 1.54) is 11.8 Å². The number of fused-ring (bicyclic) bond motifs is 1. The molecule has 2 heterocycles. The number of hydrogen-bond acceptors (Lipinski definition) is 6. The van der Waals surface area contributed by atoms with Crippen molar-refractivity contribution in [2.24, 2.45) is 0 Å². The van der Waals surface area contributed by atoms with Gasteiger partial charge in [0, 0.05) is 18.9 Å². The zero-order valence-corrected chi connectivity index (χ0v) is 17.1. The average molecular weight is 419 g/mol. The van der Waals surface area contributed by atoms with E-state index in [1.54, 1.807) is 42.5 Å². The van der Waals surface area contributed by atoms with Crippen LogP contribution in [0.15, 0.2) is 70.3 Å². The van der Waals surface area contributed by atoms with Gasteiger partial charge in [-0.25, -0.2) is 0 Å². The summed E-state index contributed by atoms with van der Waals surface area (Å²) in [6, 6.07) is 14.5. The predicted molar refractivity (Wildman–Crippen MR) is 113 cm³/mol. The fraction of sp³-hybridized carbons (Fsp3) is 0.208. The summed E-state index contributed by atoms with van der Waals surface area (Å²) in [5.74, 6) is -1.77. The SMILES string of the molecule is CCCN1C(=O)C(O)=C(C(=O)c2cc3ccccc3o2)C1c1ccc(OC(C)=O)cc1. The van der Waals surface area contributed by atoms with Gasteiger partial charge in [-0.1, -0.05) is 37.3 Å². The number of ether oxygens (including phenoxy) is 1. The average Bonchev–Trinajstić information content (AvgIpc) is 3.29. The maximum Gasteiger partial charge on any atom is 0.308 e. The minimum Gasteiger partial charge on any atom is -0.503 e. The second-order valence-corrected chi connectivity index (χ2v) is 7.30. The number of aliphatic hydroxyl groups is 1. The second kappa shape index (κ2) is 8.10. The molecule has 1 atom stereocenters. The van der Waals surface area contributed by atoms with Crippen molar-refractivity contribution in [2.75, 3.05) is 6.54 Å². The molecule has 1 N–H and O–H groups in total. The fourth-order valence-electron chi connectivity index (χ4n) is 3.81. The lowest BCUT2D eigenvalue weighted by molar-refractivity contribution is -0.132. The molecule has 0 spiro atoms. The van der Waals surface area contributed by atoms with Gasteiger partial charge in [-0.3, -0.25) is 14.4 Å². The van der Waals surface area contributed by atoms with Crippen molar-refractivity contribution in [3.63, 3.8) is 0 Å². The first-order valence-corrected chi connectivity index (χ1v) is 9.96. The number of hydrogen-bond donors (Lipinski definition) is 1. The minimum absolute atomic E-state index is 0.0299. The predicted octanol–water partition coefficient (Wildman–Crippen LogP) is 4.35. The van der Waals surface area contributed by atoms with Gasteiger partial charge in [-0.05, 0) is 36.2 Å². The number of nitrogens with zero attached hydrogens (tertiary/aromatic N) is 1. The van der Waals surface area contributed by atoms with E-state index in [1.807, 2.05) is 19.1 Å². The van der Waals surface area contributed by atoms with Crippen molar-refractivity contribution < 1.29 is 28.6 Å². The Balaban J connectivity index is 1.76. The Kier molecular flexibility index (Phi) is 5.33. The van der Waals surface area contributed by atoms with Gasteiger partial charge in [-0.2, -0.15) is 0 Å². The number of ketones is 1. The molecule has 1 amide bonds. The number of para-hydroxylation sites is 1. The van der Waals surface area contributed by atoms with Crippen molar-refractivity contribution >= 4 is 28.6 Å². The number of benzene rings is 2. The van der Waals surface area contributed by atoms with Crippen LogP contribution in [0.4, 0.5) is 0 Å². The Hall–Kier alpha value is -3.87. The van der Waals surface area contributed by atoms with Crippen LogP contribution in [0.5, 0.6) is 5.75 Å². The number of furan rings is 1. The van der Waals surface area contributed by atoms with Crippen LogP contribution >= 0.6 is 0 Å². The quantitative estimate of drug-likeness (QED) is 0.363. The molecule has 1 unspecified atom stereocenters. The van der Waals surface area contributed by atoms with Crippen LogP contribution in [0.1, 0.15) is 42.4 Å². The highest BCUT2D eigenvalue weighted by atomic mass is 16.5. The summed E-state index contributed by atoms with van der Waals surface area (Å²) in [5.41, 5.74) is 1.13. The molecular weight excluding hydrogens is 398 g/mol. The lowest BCUT2D eigenvalue weighted by Crippen LogP contribution is -2.31. The number of aliphatic hydroxyl groups excluding tert-OH is 1. The summed E-state index contributed by atoms with van der Waals surface area (Å²) in [7, 11) is 0. The molecule has 2 aromatic carbocycles. The molecule has 4 rings (SSSR count). The van der Waals surface area contributed by atoms with Crippen LogP contribution in [-0.2, 0) is 9.59 Å². The smallest absolute Gasteiger partial charge is 0.308 e. The van der Waals surface area contributed by atoms with E-state index in [4.69, 9.17) is 9.15 Å². The fourth-order valence-corrected chi connectivity index (χ4v) is 3.81. The van der Waals surface area contributed by atoms with Crippen LogP contribution in [0.3, 0.4) is 0 Å². The third-order valence-corrected chi connectivity index (χ3v) is 5.12. The molecule has 1 aromatic heterocycles. The molecule has 0 radical (unpaired) electrons. The number of amides is 1. The standard InChI is InChI=1S/C24H21NO6/c1-3-12-25-21(15-8-10-17(11-9-15)30-14(2)26)20(23(28)24(25)29)22(27)19-13-16-6-4-5-7-18(16)31-19/h4-11,13,21,28H,3,12H2,1-2H3.